The first-order valence-corrected chi connectivity index (χ1v) is 7.80. The van der Waals surface area contributed by atoms with Crippen LogP contribution in [-0.4, -0.2) is 32.4 Å². The monoisotopic (exact) mass is 336 g/mol. The van der Waals surface area contributed by atoms with Crippen LogP contribution < -0.4 is 0 Å². The Balaban J connectivity index is 3.09. The van der Waals surface area contributed by atoms with Crippen molar-refractivity contribution in [3.63, 3.8) is 0 Å². The number of esters is 1. The molecule has 0 fully saturated rings. The third kappa shape index (κ3) is 3.54. The van der Waals surface area contributed by atoms with Gasteiger partial charge in [0.25, 0.3) is 0 Å². The third-order valence-electron chi connectivity index (χ3n) is 2.18. The van der Waals surface area contributed by atoms with Gasteiger partial charge >= 0.3 is 5.97 Å². The number of hydrogen-bond donors (Lipinski definition) is 1. The molecular formula is C11H13BrO5S. The third-order valence-corrected chi connectivity index (χ3v) is 4.25. The lowest BCUT2D eigenvalue weighted by molar-refractivity contribution is -0.153. The molecule has 0 saturated heterocycles. The van der Waals surface area contributed by atoms with Gasteiger partial charge in [-0.1, -0.05) is 6.07 Å². The Bertz CT molecular complexity index is 553. The lowest BCUT2D eigenvalue weighted by Crippen LogP contribution is -2.15. The number of aliphatic hydroxyl groups is 1. The highest BCUT2D eigenvalue weighted by molar-refractivity contribution is 9.10. The fourth-order valence-electron chi connectivity index (χ4n) is 1.35. The highest BCUT2D eigenvalue weighted by Crippen LogP contribution is 2.26. The Morgan fingerprint density at radius 2 is 2.11 bits per heavy atom. The molecule has 1 unspecified atom stereocenters. The quantitative estimate of drug-likeness (QED) is 0.841. The Labute approximate surface area is 114 Å². The first kappa shape index (κ1) is 15.1. The predicted molar refractivity (Wildman–Crippen MR) is 68.8 cm³/mol. The summed E-state index contributed by atoms with van der Waals surface area (Å²) in [6.07, 6.45) is -0.344. The maximum absolute atomic E-state index is 11.4. The topological polar surface area (TPSA) is 80.7 Å². The molecule has 18 heavy (non-hydrogen) atoms. The first-order chi connectivity index (χ1) is 8.27. The van der Waals surface area contributed by atoms with Gasteiger partial charge in [-0.15, -0.1) is 0 Å². The molecule has 1 atom stereocenters. The van der Waals surface area contributed by atoms with Crippen LogP contribution >= 0.6 is 15.9 Å². The lowest BCUT2D eigenvalue weighted by Gasteiger charge is -2.11. The molecular weight excluding hydrogens is 324 g/mol. The summed E-state index contributed by atoms with van der Waals surface area (Å²) < 4.78 is 27.7. The van der Waals surface area contributed by atoms with E-state index in [1.807, 2.05) is 0 Å². The van der Waals surface area contributed by atoms with Gasteiger partial charge in [-0.3, -0.25) is 0 Å². The molecule has 0 aliphatic carbocycles. The smallest absolute Gasteiger partial charge is 0.339 e. The van der Waals surface area contributed by atoms with Gasteiger partial charge in [0.15, 0.2) is 15.9 Å². The van der Waals surface area contributed by atoms with Crippen LogP contribution in [0.4, 0.5) is 0 Å². The minimum absolute atomic E-state index is 0.0994. The second-order valence-corrected chi connectivity index (χ2v) is 6.46. The lowest BCUT2D eigenvalue weighted by atomic mass is 10.1. The highest BCUT2D eigenvalue weighted by atomic mass is 79.9. The zero-order valence-electron chi connectivity index (χ0n) is 9.88. The maximum atomic E-state index is 11.4. The summed E-state index contributed by atoms with van der Waals surface area (Å²) in [5, 5.41) is 9.69. The zero-order chi connectivity index (χ0) is 13.9. The van der Waals surface area contributed by atoms with Crippen LogP contribution in [0.2, 0.25) is 0 Å². The molecule has 0 spiro atoms. The SMILES string of the molecule is CCOC(=O)C(O)c1ccc(S(C)(=O)=O)c(Br)c1. The molecule has 1 rings (SSSR count). The maximum Gasteiger partial charge on any atom is 0.339 e. The molecule has 1 N–H and O–H groups in total. The van der Waals surface area contributed by atoms with Crippen molar-refractivity contribution < 1.29 is 23.1 Å². The summed E-state index contributed by atoms with van der Waals surface area (Å²) in [5.41, 5.74) is 0.271. The summed E-state index contributed by atoms with van der Waals surface area (Å²) >= 11 is 3.10. The second kappa shape index (κ2) is 5.81. The first-order valence-electron chi connectivity index (χ1n) is 5.11. The van der Waals surface area contributed by atoms with Crippen LogP contribution in [0, 0.1) is 0 Å². The van der Waals surface area contributed by atoms with Gasteiger partial charge in [-0.2, -0.15) is 0 Å². The van der Waals surface area contributed by atoms with E-state index in [1.165, 1.54) is 18.2 Å². The van der Waals surface area contributed by atoms with Crippen LogP contribution in [0.1, 0.15) is 18.6 Å². The van der Waals surface area contributed by atoms with Crippen LogP contribution in [0.25, 0.3) is 0 Å². The van der Waals surface area contributed by atoms with Gasteiger partial charge in [-0.05, 0) is 40.5 Å². The highest BCUT2D eigenvalue weighted by Gasteiger charge is 2.21. The van der Waals surface area contributed by atoms with Crippen molar-refractivity contribution in [2.24, 2.45) is 0 Å². The minimum atomic E-state index is -3.35. The number of rotatable bonds is 4. The molecule has 0 aromatic heterocycles. The molecule has 0 radical (unpaired) electrons. The second-order valence-electron chi connectivity index (χ2n) is 3.62. The van der Waals surface area contributed by atoms with Crippen LogP contribution in [0.15, 0.2) is 27.6 Å². The zero-order valence-corrected chi connectivity index (χ0v) is 12.3. The Morgan fingerprint density at radius 3 is 2.56 bits per heavy atom. The van der Waals surface area contributed by atoms with Crippen LogP contribution in [0.3, 0.4) is 0 Å². The van der Waals surface area contributed by atoms with Crippen molar-refractivity contribution >= 4 is 31.7 Å². The normalized spacial score (nSPS) is 13.1. The molecule has 0 aliphatic heterocycles. The number of aliphatic hydroxyl groups excluding tert-OH is 1. The average Bonchev–Trinajstić information content (AvgIpc) is 2.26. The molecule has 5 nitrogen and oxygen atoms in total. The van der Waals surface area contributed by atoms with Gasteiger partial charge in [0.05, 0.1) is 11.5 Å². The molecule has 1 aromatic rings. The summed E-state index contributed by atoms with van der Waals surface area (Å²) in [6, 6.07) is 4.10. The van der Waals surface area contributed by atoms with Crippen molar-refractivity contribution in [1.82, 2.24) is 0 Å². The molecule has 0 heterocycles. The minimum Gasteiger partial charge on any atom is -0.464 e. The Morgan fingerprint density at radius 1 is 1.50 bits per heavy atom. The molecule has 0 aliphatic rings. The van der Waals surface area contributed by atoms with Gasteiger partial charge in [0.2, 0.25) is 0 Å². The molecule has 100 valence electrons. The Kier molecular flexibility index (Phi) is 4.89. The van der Waals surface area contributed by atoms with Crippen molar-refractivity contribution in [3.05, 3.63) is 28.2 Å². The summed E-state index contributed by atoms with van der Waals surface area (Å²) in [5.74, 6) is -0.767. The fraction of sp³-hybridized carbons (Fsp3) is 0.364. The number of benzene rings is 1. The van der Waals surface area contributed by atoms with E-state index in [2.05, 4.69) is 20.7 Å². The van der Waals surface area contributed by atoms with E-state index in [0.29, 0.717) is 4.47 Å². The van der Waals surface area contributed by atoms with Crippen molar-refractivity contribution in [2.45, 2.75) is 17.9 Å². The van der Waals surface area contributed by atoms with Crippen molar-refractivity contribution in [3.8, 4) is 0 Å². The van der Waals surface area contributed by atoms with E-state index >= 15 is 0 Å². The number of carbonyl (C=O) groups excluding carboxylic acids is 1. The number of ether oxygens (including phenoxy) is 1. The number of carbonyl (C=O) groups is 1. The number of sulfone groups is 1. The molecule has 0 bridgehead atoms. The standard InChI is InChI=1S/C11H13BrO5S/c1-3-17-11(14)10(13)7-4-5-9(8(12)6-7)18(2,15)16/h4-6,10,13H,3H2,1-2H3. The summed E-state index contributed by atoms with van der Waals surface area (Å²) in [4.78, 5) is 11.4. The van der Waals surface area contributed by atoms with Gasteiger partial charge in [0, 0.05) is 10.7 Å². The van der Waals surface area contributed by atoms with Gasteiger partial charge < -0.3 is 9.84 Å². The molecule has 0 amide bonds. The van der Waals surface area contributed by atoms with E-state index in [4.69, 9.17) is 0 Å². The van der Waals surface area contributed by atoms with Crippen LogP contribution in [-0.2, 0) is 19.4 Å². The number of halogens is 1. The van der Waals surface area contributed by atoms with E-state index in [-0.39, 0.29) is 17.1 Å². The van der Waals surface area contributed by atoms with Gasteiger partial charge in [-0.25, -0.2) is 13.2 Å². The Hall–Kier alpha value is -0.920. The molecule has 0 saturated carbocycles. The van der Waals surface area contributed by atoms with E-state index in [9.17, 15) is 18.3 Å². The fourth-order valence-corrected chi connectivity index (χ4v) is 3.35. The van der Waals surface area contributed by atoms with Crippen LogP contribution in [0.5, 0.6) is 0 Å². The van der Waals surface area contributed by atoms with E-state index in [1.54, 1.807) is 6.92 Å². The van der Waals surface area contributed by atoms with Crippen molar-refractivity contribution in [1.29, 1.82) is 0 Å². The number of hydrogen-bond acceptors (Lipinski definition) is 5. The predicted octanol–water partition coefficient (Wildman–Crippen LogP) is 1.45. The molecule has 1 aromatic carbocycles. The molecule has 7 heteroatoms. The van der Waals surface area contributed by atoms with Crippen molar-refractivity contribution in [2.75, 3.05) is 12.9 Å². The average molecular weight is 337 g/mol. The van der Waals surface area contributed by atoms with E-state index in [0.717, 1.165) is 6.26 Å². The van der Waals surface area contributed by atoms with E-state index < -0.39 is 21.9 Å². The van der Waals surface area contributed by atoms with Gasteiger partial charge in [0.1, 0.15) is 0 Å². The summed E-state index contributed by atoms with van der Waals surface area (Å²) in [6.45, 7) is 1.80. The largest absolute Gasteiger partial charge is 0.464 e. The summed E-state index contributed by atoms with van der Waals surface area (Å²) in [7, 11) is -3.35.